The van der Waals surface area contributed by atoms with Crippen LogP contribution in [0.3, 0.4) is 0 Å². The molecule has 7 N–H and O–H groups in total. The monoisotopic (exact) mass is 716 g/mol. The summed E-state index contributed by atoms with van der Waals surface area (Å²) in [5.41, 5.74) is 20.2. The van der Waals surface area contributed by atoms with Crippen LogP contribution in [0.5, 0.6) is 0 Å². The van der Waals surface area contributed by atoms with Gasteiger partial charge in [-0.3, -0.25) is 29.3 Å². The number of aromatic nitrogens is 3. The van der Waals surface area contributed by atoms with Gasteiger partial charge in [0.25, 0.3) is 17.7 Å². The van der Waals surface area contributed by atoms with Crippen molar-refractivity contribution in [1.29, 1.82) is 0 Å². The summed E-state index contributed by atoms with van der Waals surface area (Å²) in [5, 5.41) is 9.35. The van der Waals surface area contributed by atoms with Crippen LogP contribution in [0, 0.1) is 6.92 Å². The third-order valence-corrected chi connectivity index (χ3v) is 9.55. The van der Waals surface area contributed by atoms with Gasteiger partial charge in [-0.05, 0) is 86.8 Å². The van der Waals surface area contributed by atoms with Crippen molar-refractivity contribution in [3.8, 4) is 33.8 Å². The molecule has 270 valence electrons. The Morgan fingerprint density at radius 1 is 0.463 bits per heavy atom. The first-order valence-corrected chi connectivity index (χ1v) is 17.8. The van der Waals surface area contributed by atoms with Crippen molar-refractivity contribution in [1.82, 2.24) is 30.9 Å². The second kappa shape index (κ2) is 15.8. The molecule has 0 radical (unpaired) electrons. The van der Waals surface area contributed by atoms with Crippen LogP contribution in [0.1, 0.15) is 55.9 Å². The molecule has 0 bridgehead atoms. The fourth-order valence-corrected chi connectivity index (χ4v) is 6.61. The molecule has 1 saturated carbocycles. The van der Waals surface area contributed by atoms with Crippen LogP contribution in [0.2, 0.25) is 0 Å². The van der Waals surface area contributed by atoms with Crippen LogP contribution < -0.4 is 27.4 Å². The summed E-state index contributed by atoms with van der Waals surface area (Å²) < 4.78 is 0. The van der Waals surface area contributed by atoms with Crippen LogP contribution >= 0.6 is 0 Å². The zero-order valence-electron chi connectivity index (χ0n) is 29.7. The topological polar surface area (TPSA) is 178 Å². The molecule has 2 atom stereocenters. The maximum Gasteiger partial charge on any atom is 0.253 e. The third-order valence-electron chi connectivity index (χ3n) is 9.55. The molecule has 1 aliphatic carbocycles. The number of hydrogen-bond donors (Lipinski definition) is 5. The number of pyridine rings is 3. The first-order chi connectivity index (χ1) is 26.2. The molecule has 0 saturated heterocycles. The smallest absolute Gasteiger partial charge is 0.253 e. The molecule has 11 heteroatoms. The van der Waals surface area contributed by atoms with Gasteiger partial charge in [0, 0.05) is 64.8 Å². The highest BCUT2D eigenvalue weighted by Gasteiger charge is 2.32. The largest absolute Gasteiger partial charge is 0.399 e. The Morgan fingerprint density at radius 2 is 0.759 bits per heavy atom. The van der Waals surface area contributed by atoms with E-state index in [0.29, 0.717) is 58.7 Å². The summed E-state index contributed by atoms with van der Waals surface area (Å²) in [6.45, 7) is 2.03. The van der Waals surface area contributed by atoms with Gasteiger partial charge in [0.2, 0.25) is 0 Å². The molecule has 54 heavy (non-hydrogen) atoms. The lowest BCUT2D eigenvalue weighted by molar-refractivity contribution is 0.0871. The number of nitrogens with two attached hydrogens (primary N) is 2. The van der Waals surface area contributed by atoms with Crippen molar-refractivity contribution < 1.29 is 14.4 Å². The van der Waals surface area contributed by atoms with Crippen molar-refractivity contribution >= 4 is 29.1 Å². The minimum atomic E-state index is -0.355. The lowest BCUT2D eigenvalue weighted by Crippen LogP contribution is -2.53. The molecule has 3 aromatic heterocycles. The molecule has 0 spiro atoms. The number of carbonyl (C=O) groups is 3. The van der Waals surface area contributed by atoms with Crippen LogP contribution in [-0.2, 0) is 0 Å². The zero-order chi connectivity index (χ0) is 37.6. The first kappa shape index (κ1) is 35.5. The van der Waals surface area contributed by atoms with Crippen molar-refractivity contribution in [2.45, 2.75) is 44.3 Å². The molecule has 3 heterocycles. The number of nitrogens with one attached hydrogen (secondary N) is 3. The lowest BCUT2D eigenvalue weighted by Gasteiger charge is -2.36. The molecule has 6 aromatic rings. The molecule has 3 amide bonds. The lowest BCUT2D eigenvalue weighted by atomic mass is 9.86. The number of anilines is 2. The van der Waals surface area contributed by atoms with Crippen molar-refractivity contribution in [3.05, 3.63) is 150 Å². The van der Waals surface area contributed by atoms with Gasteiger partial charge in [-0.2, -0.15) is 0 Å². The summed E-state index contributed by atoms with van der Waals surface area (Å²) >= 11 is 0. The molecule has 1 fully saturated rings. The number of carbonyl (C=O) groups excluding carboxylic acids is 3. The highest BCUT2D eigenvalue weighted by molar-refractivity contribution is 5.96. The van der Waals surface area contributed by atoms with E-state index in [1.807, 2.05) is 61.5 Å². The van der Waals surface area contributed by atoms with Crippen LogP contribution in [0.4, 0.5) is 11.4 Å². The number of benzene rings is 3. The van der Waals surface area contributed by atoms with Gasteiger partial charge in [0.1, 0.15) is 0 Å². The second-order valence-corrected chi connectivity index (χ2v) is 13.6. The number of amides is 3. The predicted molar refractivity (Wildman–Crippen MR) is 210 cm³/mol. The van der Waals surface area contributed by atoms with E-state index in [9.17, 15) is 14.4 Å². The Balaban J connectivity index is 1.05. The minimum Gasteiger partial charge on any atom is -0.399 e. The van der Waals surface area contributed by atoms with Gasteiger partial charge in [-0.25, -0.2) is 0 Å². The van der Waals surface area contributed by atoms with E-state index in [2.05, 4.69) is 30.9 Å². The second-order valence-electron chi connectivity index (χ2n) is 13.6. The Hall–Kier alpha value is -6.88. The molecule has 2 unspecified atom stereocenters. The van der Waals surface area contributed by atoms with E-state index in [0.717, 1.165) is 27.9 Å². The van der Waals surface area contributed by atoms with E-state index in [1.54, 1.807) is 60.8 Å². The molecule has 3 aromatic carbocycles. The molecule has 7 rings (SSSR count). The molecule has 0 aliphatic heterocycles. The number of hydrogen-bond acceptors (Lipinski definition) is 8. The summed E-state index contributed by atoms with van der Waals surface area (Å²) in [6, 6.07) is 32.3. The van der Waals surface area contributed by atoms with Gasteiger partial charge in [-0.15, -0.1) is 0 Å². The standard InChI is InChI=1S/C43H40N8O3/c1-26-2-4-27(5-3-26)38-17-10-30(23-46-38)41(52)49-35-20-36(50-42(53)31-11-18-39(47-24-31)28-6-13-33(44)14-7-28)22-37(21-35)51-43(54)32-12-19-40(48-25-32)29-8-15-34(45)16-9-29/h2-19,23-25,35-37H,20-22,44-45H2,1H3,(H,49,52)(H,50,53)(H,51,54). The van der Waals surface area contributed by atoms with Crippen LogP contribution in [0.25, 0.3) is 33.8 Å². The van der Waals surface area contributed by atoms with Crippen LogP contribution in [0.15, 0.2) is 128 Å². The van der Waals surface area contributed by atoms with Gasteiger partial charge in [0.05, 0.1) is 33.8 Å². The molecule has 1 aliphatic rings. The minimum absolute atomic E-state index is 0.287. The third kappa shape index (κ3) is 8.59. The van der Waals surface area contributed by atoms with Crippen molar-refractivity contribution in [2.75, 3.05) is 11.5 Å². The van der Waals surface area contributed by atoms with E-state index in [1.165, 1.54) is 12.4 Å². The number of rotatable bonds is 9. The highest BCUT2D eigenvalue weighted by atomic mass is 16.2. The Kier molecular flexibility index (Phi) is 10.4. The van der Waals surface area contributed by atoms with E-state index in [4.69, 9.17) is 11.5 Å². The SMILES string of the molecule is Cc1ccc(-c2ccc(C(=O)NC3CC(NC(=O)c4ccc(-c5ccc(N)cc5)nc4)CC(NC(=O)c4ccc(-c5ccc(N)cc5)nc4)C3)cn2)cc1. The summed E-state index contributed by atoms with van der Waals surface area (Å²) in [6.07, 6.45) is 6.03. The number of nitrogens with zero attached hydrogens (tertiary/aromatic N) is 3. The maximum atomic E-state index is 13.5. The fourth-order valence-electron chi connectivity index (χ4n) is 6.61. The average molecular weight is 717 g/mol. The molecular weight excluding hydrogens is 677 g/mol. The fraction of sp³-hybridized carbons (Fsp3) is 0.163. The first-order valence-electron chi connectivity index (χ1n) is 17.8. The van der Waals surface area contributed by atoms with Gasteiger partial charge in [-0.1, -0.05) is 54.1 Å². The quantitative estimate of drug-likeness (QED) is 0.109. The number of nitrogen functional groups attached to an aromatic ring is 2. The summed E-state index contributed by atoms with van der Waals surface area (Å²) in [5.74, 6) is -0.886. The zero-order valence-corrected chi connectivity index (χ0v) is 29.7. The van der Waals surface area contributed by atoms with E-state index < -0.39 is 0 Å². The highest BCUT2D eigenvalue weighted by Crippen LogP contribution is 2.24. The predicted octanol–water partition coefficient (Wildman–Crippen LogP) is 6.22. The van der Waals surface area contributed by atoms with Crippen molar-refractivity contribution in [3.63, 3.8) is 0 Å². The average Bonchev–Trinajstić information content (AvgIpc) is 3.19. The van der Waals surface area contributed by atoms with E-state index in [-0.39, 0.29) is 35.8 Å². The van der Waals surface area contributed by atoms with Crippen LogP contribution in [-0.4, -0.2) is 50.8 Å². The van der Waals surface area contributed by atoms with Gasteiger partial charge < -0.3 is 27.4 Å². The summed E-state index contributed by atoms with van der Waals surface area (Å²) in [4.78, 5) is 54.0. The Morgan fingerprint density at radius 3 is 1.04 bits per heavy atom. The van der Waals surface area contributed by atoms with Crippen molar-refractivity contribution in [2.24, 2.45) is 0 Å². The molecular formula is C43H40N8O3. The van der Waals surface area contributed by atoms with E-state index >= 15 is 0 Å². The normalized spacial score (nSPS) is 16.6. The Bertz CT molecular complexity index is 1980. The molecule has 11 nitrogen and oxygen atoms in total. The summed E-state index contributed by atoms with van der Waals surface area (Å²) in [7, 11) is 0. The maximum absolute atomic E-state index is 13.5. The van der Waals surface area contributed by atoms with Gasteiger partial charge in [0.15, 0.2) is 0 Å². The number of aryl methyl sites for hydroxylation is 1. The Labute approximate surface area is 313 Å². The van der Waals surface area contributed by atoms with Gasteiger partial charge >= 0.3 is 0 Å².